The number of para-hydroxylation sites is 1. The molecule has 2 N–H and O–H groups in total. The molecule has 0 atom stereocenters. The maximum absolute atomic E-state index is 11.8. The highest BCUT2D eigenvalue weighted by molar-refractivity contribution is 5.92. The van der Waals surface area contributed by atoms with Gasteiger partial charge in [-0.1, -0.05) is 30.0 Å². The van der Waals surface area contributed by atoms with Crippen molar-refractivity contribution in [1.82, 2.24) is 20.5 Å². The standard InChI is InChI=1S/C18H14N4O3/c23-16-9-8-14(21-22-16)18(24)20-10-1-2-12-25-15-7-3-5-13-6-4-11-19-17(13)15/h3-9,11H,10,12H2,(H,20,24)(H,22,23). The Morgan fingerprint density at radius 1 is 1.16 bits per heavy atom. The fraction of sp³-hybridized carbons (Fsp3) is 0.111. The molecule has 2 aromatic heterocycles. The zero-order valence-electron chi connectivity index (χ0n) is 13.2. The van der Waals surface area contributed by atoms with Gasteiger partial charge in [-0.3, -0.25) is 14.6 Å². The van der Waals surface area contributed by atoms with Crippen molar-refractivity contribution in [1.29, 1.82) is 0 Å². The minimum absolute atomic E-state index is 0.125. The molecular weight excluding hydrogens is 320 g/mol. The van der Waals surface area contributed by atoms with Gasteiger partial charge in [0.05, 0.1) is 6.54 Å². The molecule has 0 unspecified atom stereocenters. The average molecular weight is 334 g/mol. The van der Waals surface area contributed by atoms with Crippen LogP contribution in [0.1, 0.15) is 10.5 Å². The molecule has 3 aromatic rings. The molecule has 3 rings (SSSR count). The topological polar surface area (TPSA) is 97.0 Å². The number of nitrogens with one attached hydrogen (secondary N) is 2. The second kappa shape index (κ2) is 7.75. The zero-order chi connectivity index (χ0) is 17.5. The molecule has 0 saturated carbocycles. The number of pyridine rings is 1. The Kier molecular flexibility index (Phi) is 5.02. The van der Waals surface area contributed by atoms with Crippen molar-refractivity contribution < 1.29 is 9.53 Å². The molecule has 0 aliphatic heterocycles. The molecule has 0 radical (unpaired) electrons. The number of aromatic nitrogens is 3. The molecule has 0 bridgehead atoms. The Morgan fingerprint density at radius 3 is 2.88 bits per heavy atom. The molecule has 0 fully saturated rings. The Bertz CT molecular complexity index is 992. The number of H-pyrrole nitrogens is 1. The molecule has 2 heterocycles. The highest BCUT2D eigenvalue weighted by Crippen LogP contribution is 2.22. The molecule has 0 aliphatic rings. The van der Waals surface area contributed by atoms with Crippen LogP contribution in [0.3, 0.4) is 0 Å². The minimum atomic E-state index is -0.412. The van der Waals surface area contributed by atoms with Gasteiger partial charge in [0.15, 0.2) is 0 Å². The highest BCUT2D eigenvalue weighted by atomic mass is 16.5. The number of ether oxygens (including phenoxy) is 1. The number of aromatic amines is 1. The SMILES string of the molecule is O=C(NCC#CCOc1cccc2cccnc12)c1ccc(=O)[nH]n1. The van der Waals surface area contributed by atoms with E-state index in [-0.39, 0.29) is 24.4 Å². The maximum atomic E-state index is 11.8. The van der Waals surface area contributed by atoms with E-state index >= 15 is 0 Å². The van der Waals surface area contributed by atoms with Crippen LogP contribution in [0.15, 0.2) is 53.5 Å². The van der Waals surface area contributed by atoms with E-state index in [9.17, 15) is 9.59 Å². The summed E-state index contributed by atoms with van der Waals surface area (Å²) in [6.45, 7) is 0.333. The fourth-order valence-electron chi connectivity index (χ4n) is 2.11. The van der Waals surface area contributed by atoms with Crippen molar-refractivity contribution in [2.24, 2.45) is 0 Å². The molecule has 25 heavy (non-hydrogen) atoms. The summed E-state index contributed by atoms with van der Waals surface area (Å²) in [5.41, 5.74) is 0.542. The van der Waals surface area contributed by atoms with E-state index in [2.05, 4.69) is 32.3 Å². The Hall–Kier alpha value is -3.66. The van der Waals surface area contributed by atoms with Crippen LogP contribution in [-0.2, 0) is 0 Å². The van der Waals surface area contributed by atoms with Gasteiger partial charge in [-0.25, -0.2) is 5.10 Å². The van der Waals surface area contributed by atoms with E-state index < -0.39 is 5.91 Å². The molecule has 124 valence electrons. The number of benzene rings is 1. The van der Waals surface area contributed by atoms with Gasteiger partial charge in [0.1, 0.15) is 23.6 Å². The fourth-order valence-corrected chi connectivity index (χ4v) is 2.11. The van der Waals surface area contributed by atoms with Gasteiger partial charge in [0, 0.05) is 17.6 Å². The van der Waals surface area contributed by atoms with Crippen LogP contribution in [-0.4, -0.2) is 34.2 Å². The summed E-state index contributed by atoms with van der Waals surface area (Å²) in [6.07, 6.45) is 1.71. The van der Waals surface area contributed by atoms with Crippen molar-refractivity contribution in [3.8, 4) is 17.6 Å². The van der Waals surface area contributed by atoms with Crippen LogP contribution in [0.25, 0.3) is 10.9 Å². The first-order chi connectivity index (χ1) is 12.2. The maximum Gasteiger partial charge on any atom is 0.272 e. The lowest BCUT2D eigenvalue weighted by Gasteiger charge is -2.05. The first-order valence-electron chi connectivity index (χ1n) is 7.50. The Morgan fingerprint density at radius 2 is 2.04 bits per heavy atom. The summed E-state index contributed by atoms with van der Waals surface area (Å²) < 4.78 is 5.62. The molecule has 0 spiro atoms. The molecule has 7 heteroatoms. The van der Waals surface area contributed by atoms with Crippen molar-refractivity contribution >= 4 is 16.8 Å². The summed E-state index contributed by atoms with van der Waals surface area (Å²) in [6, 6.07) is 12.1. The number of rotatable bonds is 4. The summed E-state index contributed by atoms with van der Waals surface area (Å²) in [7, 11) is 0. The molecule has 1 amide bonds. The van der Waals surface area contributed by atoms with Crippen molar-refractivity contribution in [2.75, 3.05) is 13.2 Å². The quantitative estimate of drug-likeness (QED) is 0.697. The van der Waals surface area contributed by atoms with E-state index in [4.69, 9.17) is 4.74 Å². The monoisotopic (exact) mass is 334 g/mol. The summed E-state index contributed by atoms with van der Waals surface area (Å²) in [5, 5.41) is 9.40. The summed E-state index contributed by atoms with van der Waals surface area (Å²) >= 11 is 0. The second-order valence-electron chi connectivity index (χ2n) is 4.96. The molecule has 0 aliphatic carbocycles. The van der Waals surface area contributed by atoms with E-state index in [1.54, 1.807) is 6.20 Å². The van der Waals surface area contributed by atoms with Gasteiger partial charge < -0.3 is 10.1 Å². The lowest BCUT2D eigenvalue weighted by molar-refractivity contribution is 0.0952. The number of amides is 1. The van der Waals surface area contributed by atoms with Crippen molar-refractivity contribution in [2.45, 2.75) is 0 Å². The predicted octanol–water partition coefficient (Wildman–Crippen LogP) is 1.13. The van der Waals surface area contributed by atoms with Crippen LogP contribution >= 0.6 is 0 Å². The Labute approximate surface area is 143 Å². The largest absolute Gasteiger partial charge is 0.479 e. The minimum Gasteiger partial charge on any atom is -0.479 e. The third kappa shape index (κ3) is 4.20. The lowest BCUT2D eigenvalue weighted by atomic mass is 10.2. The third-order valence-corrected chi connectivity index (χ3v) is 3.27. The molecule has 1 aromatic carbocycles. The number of hydrogen-bond acceptors (Lipinski definition) is 5. The number of nitrogens with zero attached hydrogens (tertiary/aromatic N) is 2. The van der Waals surface area contributed by atoms with Crippen LogP contribution in [0.4, 0.5) is 0 Å². The normalized spacial score (nSPS) is 9.92. The predicted molar refractivity (Wildman–Crippen MR) is 92.2 cm³/mol. The second-order valence-corrected chi connectivity index (χ2v) is 4.96. The average Bonchev–Trinajstić information content (AvgIpc) is 2.65. The van der Waals surface area contributed by atoms with E-state index in [0.29, 0.717) is 5.75 Å². The lowest BCUT2D eigenvalue weighted by Crippen LogP contribution is -2.26. The molecular formula is C18H14N4O3. The van der Waals surface area contributed by atoms with Gasteiger partial charge in [0.25, 0.3) is 11.5 Å². The number of carbonyl (C=O) groups excluding carboxylic acids is 1. The summed E-state index contributed by atoms with van der Waals surface area (Å²) in [4.78, 5) is 26.9. The summed E-state index contributed by atoms with van der Waals surface area (Å²) in [5.74, 6) is 5.86. The van der Waals surface area contributed by atoms with E-state index in [1.165, 1.54) is 12.1 Å². The molecule has 7 nitrogen and oxygen atoms in total. The van der Waals surface area contributed by atoms with Crippen molar-refractivity contribution in [3.63, 3.8) is 0 Å². The van der Waals surface area contributed by atoms with Gasteiger partial charge in [0.2, 0.25) is 0 Å². The Balaban J connectivity index is 1.50. The number of fused-ring (bicyclic) bond motifs is 1. The highest BCUT2D eigenvalue weighted by Gasteiger charge is 2.05. The van der Waals surface area contributed by atoms with E-state index in [0.717, 1.165) is 10.9 Å². The van der Waals surface area contributed by atoms with Crippen LogP contribution in [0, 0.1) is 11.8 Å². The van der Waals surface area contributed by atoms with Crippen LogP contribution < -0.4 is 15.6 Å². The van der Waals surface area contributed by atoms with Crippen molar-refractivity contribution in [3.05, 3.63) is 64.7 Å². The number of carbonyl (C=O) groups is 1. The zero-order valence-corrected chi connectivity index (χ0v) is 13.2. The number of hydrogen-bond donors (Lipinski definition) is 2. The first-order valence-corrected chi connectivity index (χ1v) is 7.50. The third-order valence-electron chi connectivity index (χ3n) is 3.27. The van der Waals surface area contributed by atoms with Gasteiger partial charge >= 0.3 is 0 Å². The van der Waals surface area contributed by atoms with Gasteiger partial charge in [-0.15, -0.1) is 0 Å². The van der Waals surface area contributed by atoms with Crippen LogP contribution in [0.2, 0.25) is 0 Å². The van der Waals surface area contributed by atoms with Gasteiger partial charge in [-0.05, 0) is 18.2 Å². The first kappa shape index (κ1) is 16.2. The van der Waals surface area contributed by atoms with Crippen LogP contribution in [0.5, 0.6) is 5.75 Å². The smallest absolute Gasteiger partial charge is 0.272 e. The van der Waals surface area contributed by atoms with Gasteiger partial charge in [-0.2, -0.15) is 5.10 Å². The van der Waals surface area contributed by atoms with E-state index in [1.807, 2.05) is 30.3 Å². The molecule has 0 saturated heterocycles.